The normalized spacial score (nSPS) is 13.6. The minimum atomic E-state index is -0.960. The molecular formula is C50H94O11. The lowest BCUT2D eigenvalue weighted by atomic mass is 9.91. The molecule has 360 valence electrons. The van der Waals surface area contributed by atoms with Gasteiger partial charge in [0.15, 0.2) is 0 Å². The molecule has 2 N–H and O–H groups in total. The van der Waals surface area contributed by atoms with E-state index in [1.54, 1.807) is 6.92 Å². The number of carbonyl (C=O) groups excluding carboxylic acids is 4. The Morgan fingerprint density at radius 2 is 0.967 bits per heavy atom. The fourth-order valence-electron chi connectivity index (χ4n) is 6.80. The minimum absolute atomic E-state index is 0.0273. The SMILES string of the molecule is CC(C)CCCC(C)CCCC(C)CCOC(=O)CCC(=O)O.CCC(C)CCCC(C)COC(=O)CCCC(=O)O.CCCCC(C)CC(C)(C)OC(=O)CCCC(C)=O. The Morgan fingerprint density at radius 3 is 1.49 bits per heavy atom. The lowest BCUT2D eigenvalue weighted by Crippen LogP contribution is -2.30. The molecule has 0 aromatic rings. The van der Waals surface area contributed by atoms with Crippen molar-refractivity contribution in [2.45, 2.75) is 236 Å². The maximum absolute atomic E-state index is 11.7. The van der Waals surface area contributed by atoms with Gasteiger partial charge in [0.05, 0.1) is 26.1 Å². The molecule has 0 saturated carbocycles. The van der Waals surface area contributed by atoms with Crippen LogP contribution in [0, 0.1) is 35.5 Å². The summed E-state index contributed by atoms with van der Waals surface area (Å²) in [7, 11) is 0. The van der Waals surface area contributed by atoms with E-state index in [0.717, 1.165) is 37.0 Å². The highest BCUT2D eigenvalue weighted by atomic mass is 16.6. The Hall–Kier alpha value is -2.98. The third kappa shape index (κ3) is 49.6. The van der Waals surface area contributed by atoms with Crippen LogP contribution in [0.5, 0.6) is 0 Å². The van der Waals surface area contributed by atoms with E-state index in [-0.39, 0.29) is 43.4 Å². The number of ketones is 1. The summed E-state index contributed by atoms with van der Waals surface area (Å²) in [4.78, 5) is 65.8. The molecule has 0 spiro atoms. The van der Waals surface area contributed by atoms with E-state index in [4.69, 9.17) is 24.4 Å². The number of esters is 3. The number of carboxylic acids is 2. The van der Waals surface area contributed by atoms with Crippen molar-refractivity contribution in [2.24, 2.45) is 35.5 Å². The molecule has 0 aromatic heterocycles. The zero-order valence-electron chi connectivity index (χ0n) is 41.2. The quantitative estimate of drug-likeness (QED) is 0.0459. The molecule has 0 aliphatic carbocycles. The predicted octanol–water partition coefficient (Wildman–Crippen LogP) is 13.0. The Morgan fingerprint density at radius 1 is 0.492 bits per heavy atom. The number of ether oxygens (including phenoxy) is 3. The summed E-state index contributed by atoms with van der Waals surface area (Å²) in [6, 6.07) is 0. The van der Waals surface area contributed by atoms with Crippen molar-refractivity contribution < 1.29 is 53.2 Å². The number of rotatable bonds is 35. The van der Waals surface area contributed by atoms with E-state index in [1.807, 2.05) is 13.8 Å². The third-order valence-corrected chi connectivity index (χ3v) is 10.9. The van der Waals surface area contributed by atoms with Crippen molar-refractivity contribution in [3.05, 3.63) is 0 Å². The zero-order valence-corrected chi connectivity index (χ0v) is 41.2. The molecule has 0 aliphatic heterocycles. The van der Waals surface area contributed by atoms with Crippen LogP contribution in [0.3, 0.4) is 0 Å². The predicted molar refractivity (Wildman–Crippen MR) is 246 cm³/mol. The van der Waals surface area contributed by atoms with Gasteiger partial charge in [0.25, 0.3) is 0 Å². The first-order valence-corrected chi connectivity index (χ1v) is 24.0. The smallest absolute Gasteiger partial charge is 0.306 e. The number of carbonyl (C=O) groups is 6. The van der Waals surface area contributed by atoms with Gasteiger partial charge in [-0.2, -0.15) is 0 Å². The number of aliphatic carboxylic acids is 2. The van der Waals surface area contributed by atoms with E-state index in [2.05, 4.69) is 62.3 Å². The zero-order chi connectivity index (χ0) is 47.2. The maximum atomic E-state index is 11.7. The lowest BCUT2D eigenvalue weighted by molar-refractivity contribution is -0.158. The number of Topliss-reactive ketones (excluding diaryl/α,β-unsaturated/α-hetero) is 1. The lowest BCUT2D eigenvalue weighted by Gasteiger charge is -2.28. The number of hydrogen-bond acceptors (Lipinski definition) is 9. The summed E-state index contributed by atoms with van der Waals surface area (Å²) < 4.78 is 15.7. The molecule has 0 heterocycles. The molecule has 0 radical (unpaired) electrons. The van der Waals surface area contributed by atoms with Crippen molar-refractivity contribution >= 4 is 35.6 Å². The van der Waals surface area contributed by atoms with Gasteiger partial charge in [0.1, 0.15) is 11.4 Å². The molecule has 11 nitrogen and oxygen atoms in total. The van der Waals surface area contributed by atoms with Crippen molar-refractivity contribution in [2.75, 3.05) is 13.2 Å². The van der Waals surface area contributed by atoms with Crippen LogP contribution >= 0.6 is 0 Å². The molecule has 0 bridgehead atoms. The molecule has 5 unspecified atom stereocenters. The first-order valence-electron chi connectivity index (χ1n) is 24.0. The van der Waals surface area contributed by atoms with Crippen molar-refractivity contribution in [3.63, 3.8) is 0 Å². The first-order chi connectivity index (χ1) is 28.5. The first kappa shape index (κ1) is 62.3. The summed E-state index contributed by atoms with van der Waals surface area (Å²) in [6.45, 7) is 26.4. The van der Waals surface area contributed by atoms with Crippen LogP contribution in [-0.4, -0.2) is 64.7 Å². The topological polar surface area (TPSA) is 171 Å². The van der Waals surface area contributed by atoms with E-state index in [9.17, 15) is 28.8 Å². The summed E-state index contributed by atoms with van der Waals surface area (Å²) in [5.41, 5.74) is -0.402. The summed E-state index contributed by atoms with van der Waals surface area (Å²) in [6.07, 6.45) is 19.5. The fourth-order valence-corrected chi connectivity index (χ4v) is 6.80. The van der Waals surface area contributed by atoms with Gasteiger partial charge >= 0.3 is 29.8 Å². The Labute approximate surface area is 373 Å². The second-order valence-corrected chi connectivity index (χ2v) is 19.1. The summed E-state index contributed by atoms with van der Waals surface area (Å²) in [5, 5.41) is 16.9. The largest absolute Gasteiger partial charge is 0.481 e. The third-order valence-electron chi connectivity index (χ3n) is 10.9. The molecule has 0 fully saturated rings. The standard InChI is InChI=1S/C19H36O4.C16H30O3.C15H28O4/c1-15(2)7-5-8-16(3)9-6-10-17(4)13-14-23-19(22)12-11-18(20)21;1-6-7-9-13(2)12-16(4,5)19-15(18)11-8-10-14(3)17;1-4-12(2)7-5-8-13(3)11-19-15(18)10-6-9-14(16)17/h15-17H,5-14H2,1-4H3,(H,20,21);13H,6-12H2,1-5H3;12-13H,4-11H2,1-3H3,(H,16,17). The molecule has 0 saturated heterocycles. The van der Waals surface area contributed by atoms with Gasteiger partial charge < -0.3 is 29.2 Å². The number of hydrogen-bond donors (Lipinski definition) is 2. The van der Waals surface area contributed by atoms with Crippen LogP contribution in [0.25, 0.3) is 0 Å². The second-order valence-electron chi connectivity index (χ2n) is 19.1. The fraction of sp³-hybridized carbons (Fsp3) is 0.880. The molecule has 0 rings (SSSR count). The highest BCUT2D eigenvalue weighted by Crippen LogP contribution is 2.25. The van der Waals surface area contributed by atoms with Crippen LogP contribution in [-0.2, 0) is 43.0 Å². The molecule has 5 atom stereocenters. The van der Waals surface area contributed by atoms with Gasteiger partial charge in [-0.15, -0.1) is 0 Å². The highest BCUT2D eigenvalue weighted by molar-refractivity contribution is 5.77. The average molecular weight is 871 g/mol. The van der Waals surface area contributed by atoms with Gasteiger partial charge in [-0.1, -0.05) is 139 Å². The molecular weight excluding hydrogens is 777 g/mol. The monoisotopic (exact) mass is 871 g/mol. The Bertz CT molecular complexity index is 1150. The van der Waals surface area contributed by atoms with Crippen LogP contribution < -0.4 is 0 Å². The molecule has 0 amide bonds. The van der Waals surface area contributed by atoms with Crippen molar-refractivity contribution in [1.82, 2.24) is 0 Å². The minimum Gasteiger partial charge on any atom is -0.481 e. The Kier molecular flexibility index (Phi) is 40.7. The van der Waals surface area contributed by atoms with Gasteiger partial charge in [-0.3, -0.25) is 24.0 Å². The van der Waals surface area contributed by atoms with Crippen LogP contribution in [0.4, 0.5) is 0 Å². The molecule has 61 heavy (non-hydrogen) atoms. The summed E-state index contributed by atoms with van der Waals surface area (Å²) >= 11 is 0. The van der Waals surface area contributed by atoms with Crippen molar-refractivity contribution in [1.29, 1.82) is 0 Å². The molecule has 11 heteroatoms. The van der Waals surface area contributed by atoms with Crippen molar-refractivity contribution in [3.8, 4) is 0 Å². The van der Waals surface area contributed by atoms with E-state index >= 15 is 0 Å². The Balaban J connectivity index is -0.000000833. The van der Waals surface area contributed by atoms with Crippen LogP contribution in [0.2, 0.25) is 0 Å². The summed E-state index contributed by atoms with van der Waals surface area (Å²) in [5.74, 6) is 1.30. The van der Waals surface area contributed by atoms with Gasteiger partial charge in [0.2, 0.25) is 0 Å². The number of unbranched alkanes of at least 4 members (excludes halogenated alkanes) is 1. The molecule has 0 aromatic carbocycles. The van der Waals surface area contributed by atoms with Gasteiger partial charge in [-0.25, -0.2) is 0 Å². The van der Waals surface area contributed by atoms with E-state index in [0.29, 0.717) is 56.7 Å². The highest BCUT2D eigenvalue weighted by Gasteiger charge is 2.25. The van der Waals surface area contributed by atoms with Gasteiger partial charge in [0, 0.05) is 25.7 Å². The second kappa shape index (κ2) is 39.8. The molecule has 0 aliphatic rings. The average Bonchev–Trinajstić information content (AvgIpc) is 3.15. The van der Waals surface area contributed by atoms with E-state index in [1.165, 1.54) is 77.0 Å². The number of carboxylic acid groups (broad SMARTS) is 2. The van der Waals surface area contributed by atoms with Gasteiger partial charge in [-0.05, 0) is 88.4 Å². The maximum Gasteiger partial charge on any atom is 0.306 e. The van der Waals surface area contributed by atoms with E-state index < -0.39 is 23.5 Å². The van der Waals surface area contributed by atoms with Crippen LogP contribution in [0.15, 0.2) is 0 Å². The van der Waals surface area contributed by atoms with Crippen LogP contribution in [0.1, 0.15) is 231 Å².